The molecule has 19 heavy (non-hydrogen) atoms. The first-order chi connectivity index (χ1) is 9.19. The fourth-order valence-corrected chi connectivity index (χ4v) is 3.62. The summed E-state index contributed by atoms with van der Waals surface area (Å²) in [5.41, 5.74) is 0. The minimum absolute atomic E-state index is 0.0781. The molecule has 3 rings (SSSR count). The molecule has 1 unspecified atom stereocenters. The summed E-state index contributed by atoms with van der Waals surface area (Å²) in [7, 11) is 0. The number of fused-ring (bicyclic) bond motifs is 1. The van der Waals surface area contributed by atoms with Gasteiger partial charge in [-0.25, -0.2) is 4.98 Å². The largest absolute Gasteiger partial charge is 0.329 e. The van der Waals surface area contributed by atoms with Gasteiger partial charge >= 0.3 is 0 Å². The molecule has 0 saturated carbocycles. The van der Waals surface area contributed by atoms with Crippen LogP contribution in [0.15, 0.2) is 6.20 Å². The van der Waals surface area contributed by atoms with E-state index in [0.717, 1.165) is 30.8 Å². The van der Waals surface area contributed by atoms with Crippen molar-refractivity contribution < 1.29 is 9.59 Å². The van der Waals surface area contributed by atoms with Crippen molar-refractivity contribution in [1.82, 2.24) is 14.8 Å². The zero-order valence-corrected chi connectivity index (χ0v) is 11.8. The number of carbonyl (C=O) groups excluding carboxylic acids is 2. The van der Waals surface area contributed by atoms with Gasteiger partial charge in [0.05, 0.1) is 6.54 Å². The highest BCUT2D eigenvalue weighted by Crippen LogP contribution is 2.25. The van der Waals surface area contributed by atoms with Crippen LogP contribution in [0.3, 0.4) is 0 Å². The smallest absolute Gasteiger partial charge is 0.246 e. The van der Waals surface area contributed by atoms with Gasteiger partial charge in [0.2, 0.25) is 11.8 Å². The summed E-state index contributed by atoms with van der Waals surface area (Å²) >= 11 is 1.63. The Kier molecular flexibility index (Phi) is 3.26. The van der Waals surface area contributed by atoms with E-state index < -0.39 is 0 Å². The first-order valence-electron chi connectivity index (χ1n) is 6.71. The van der Waals surface area contributed by atoms with E-state index in [2.05, 4.69) is 11.9 Å². The Labute approximate surface area is 116 Å². The fourth-order valence-electron chi connectivity index (χ4n) is 2.75. The summed E-state index contributed by atoms with van der Waals surface area (Å²) in [5.74, 6) is 0.166. The molecule has 0 aliphatic carbocycles. The number of aromatic nitrogens is 1. The Balaban J connectivity index is 1.74. The molecule has 0 bridgehead atoms. The number of aryl methyl sites for hydroxylation is 1. The first-order valence-corrected chi connectivity index (χ1v) is 7.52. The number of piperazine rings is 1. The Bertz CT molecular complexity index is 514. The van der Waals surface area contributed by atoms with Gasteiger partial charge in [0.1, 0.15) is 17.6 Å². The molecule has 102 valence electrons. The molecule has 0 spiro atoms. The number of carbonyl (C=O) groups is 2. The summed E-state index contributed by atoms with van der Waals surface area (Å²) in [4.78, 5) is 33.3. The monoisotopic (exact) mass is 279 g/mol. The summed E-state index contributed by atoms with van der Waals surface area (Å²) in [6.07, 6.45) is 4.56. The quantitative estimate of drug-likeness (QED) is 0.830. The Morgan fingerprint density at radius 2 is 2.32 bits per heavy atom. The van der Waals surface area contributed by atoms with Crippen LogP contribution in [0.5, 0.6) is 0 Å². The molecule has 2 amide bonds. The standard InChI is InChI=1S/C13H17N3O2S/c1-2-9-6-14-11(19-9)7-15-8-12(17)16-5-3-4-10(16)13(15)18/h6,10H,2-5,7-8H2,1H3. The number of hydrogen-bond donors (Lipinski definition) is 0. The van der Waals surface area contributed by atoms with Crippen LogP contribution < -0.4 is 0 Å². The van der Waals surface area contributed by atoms with Crippen LogP contribution in [0.4, 0.5) is 0 Å². The fraction of sp³-hybridized carbons (Fsp3) is 0.615. The molecule has 5 nitrogen and oxygen atoms in total. The zero-order valence-electron chi connectivity index (χ0n) is 11.0. The number of amides is 2. The highest BCUT2D eigenvalue weighted by molar-refractivity contribution is 7.11. The molecule has 6 heteroatoms. The van der Waals surface area contributed by atoms with Gasteiger partial charge in [0.25, 0.3) is 0 Å². The van der Waals surface area contributed by atoms with E-state index in [1.165, 1.54) is 4.88 Å². The van der Waals surface area contributed by atoms with Crippen molar-refractivity contribution in [2.75, 3.05) is 13.1 Å². The second kappa shape index (κ2) is 4.92. The van der Waals surface area contributed by atoms with E-state index in [0.29, 0.717) is 6.54 Å². The maximum atomic E-state index is 12.3. The number of thiazole rings is 1. The second-order valence-electron chi connectivity index (χ2n) is 5.01. The van der Waals surface area contributed by atoms with Gasteiger partial charge in [-0.05, 0) is 19.3 Å². The number of hydrogen-bond acceptors (Lipinski definition) is 4. The summed E-state index contributed by atoms with van der Waals surface area (Å²) in [6.45, 7) is 3.50. The highest BCUT2D eigenvalue weighted by atomic mass is 32.1. The van der Waals surface area contributed by atoms with Crippen LogP contribution in [0.25, 0.3) is 0 Å². The van der Waals surface area contributed by atoms with Gasteiger partial charge in [-0.3, -0.25) is 9.59 Å². The molecule has 2 fully saturated rings. The van der Waals surface area contributed by atoms with Crippen molar-refractivity contribution in [3.8, 4) is 0 Å². The lowest BCUT2D eigenvalue weighted by Crippen LogP contribution is -2.56. The third-order valence-corrected chi connectivity index (χ3v) is 4.90. The van der Waals surface area contributed by atoms with Crippen molar-refractivity contribution in [3.63, 3.8) is 0 Å². The lowest BCUT2D eigenvalue weighted by molar-refractivity contribution is -0.154. The minimum atomic E-state index is -0.216. The van der Waals surface area contributed by atoms with E-state index in [1.54, 1.807) is 21.1 Å². The van der Waals surface area contributed by atoms with Gasteiger partial charge in [-0.15, -0.1) is 11.3 Å². The molecule has 1 atom stereocenters. The predicted molar refractivity (Wildman–Crippen MR) is 71.6 cm³/mol. The maximum absolute atomic E-state index is 12.3. The van der Waals surface area contributed by atoms with Crippen LogP contribution in [-0.4, -0.2) is 45.7 Å². The van der Waals surface area contributed by atoms with E-state index in [4.69, 9.17) is 0 Å². The Hall–Kier alpha value is -1.43. The molecule has 2 saturated heterocycles. The zero-order chi connectivity index (χ0) is 13.4. The van der Waals surface area contributed by atoms with E-state index in [-0.39, 0.29) is 24.4 Å². The van der Waals surface area contributed by atoms with Crippen LogP contribution >= 0.6 is 11.3 Å². The van der Waals surface area contributed by atoms with Gasteiger partial charge in [0, 0.05) is 17.6 Å². The van der Waals surface area contributed by atoms with Crippen molar-refractivity contribution in [2.45, 2.75) is 38.8 Å². The molecule has 1 aromatic heterocycles. The Morgan fingerprint density at radius 3 is 3.05 bits per heavy atom. The van der Waals surface area contributed by atoms with Crippen molar-refractivity contribution >= 4 is 23.2 Å². The third kappa shape index (κ3) is 2.25. The predicted octanol–water partition coefficient (Wildman–Crippen LogP) is 1.04. The van der Waals surface area contributed by atoms with E-state index in [9.17, 15) is 9.59 Å². The van der Waals surface area contributed by atoms with Crippen molar-refractivity contribution in [3.05, 3.63) is 16.1 Å². The van der Waals surface area contributed by atoms with Crippen LogP contribution in [0.2, 0.25) is 0 Å². The lowest BCUT2D eigenvalue weighted by atomic mass is 10.1. The van der Waals surface area contributed by atoms with Crippen LogP contribution in [0, 0.1) is 0 Å². The molecule has 0 aromatic carbocycles. The van der Waals surface area contributed by atoms with E-state index in [1.807, 2.05) is 6.20 Å². The average Bonchev–Trinajstić information content (AvgIpc) is 3.04. The number of nitrogens with zero attached hydrogens (tertiary/aromatic N) is 3. The van der Waals surface area contributed by atoms with E-state index >= 15 is 0 Å². The van der Waals surface area contributed by atoms with Gasteiger partial charge in [-0.2, -0.15) is 0 Å². The third-order valence-electron chi connectivity index (χ3n) is 3.77. The minimum Gasteiger partial charge on any atom is -0.329 e. The van der Waals surface area contributed by atoms with Crippen molar-refractivity contribution in [2.24, 2.45) is 0 Å². The van der Waals surface area contributed by atoms with Crippen LogP contribution in [-0.2, 0) is 22.6 Å². The SMILES string of the molecule is CCc1cnc(CN2CC(=O)N3CCCC3C2=O)s1. The molecular weight excluding hydrogens is 262 g/mol. The highest BCUT2D eigenvalue weighted by Gasteiger charge is 2.41. The lowest BCUT2D eigenvalue weighted by Gasteiger charge is -2.35. The van der Waals surface area contributed by atoms with Gasteiger partial charge in [-0.1, -0.05) is 6.92 Å². The Morgan fingerprint density at radius 1 is 1.47 bits per heavy atom. The summed E-state index contributed by atoms with van der Waals surface area (Å²) in [6, 6.07) is -0.216. The molecule has 0 radical (unpaired) electrons. The molecule has 2 aliphatic heterocycles. The van der Waals surface area contributed by atoms with Crippen molar-refractivity contribution in [1.29, 1.82) is 0 Å². The molecule has 0 N–H and O–H groups in total. The summed E-state index contributed by atoms with van der Waals surface area (Å²) < 4.78 is 0. The normalized spacial score (nSPS) is 23.1. The molecule has 3 heterocycles. The average molecular weight is 279 g/mol. The summed E-state index contributed by atoms with van der Waals surface area (Å²) in [5, 5.41) is 0.921. The van der Waals surface area contributed by atoms with Crippen LogP contribution in [0.1, 0.15) is 29.7 Å². The maximum Gasteiger partial charge on any atom is 0.246 e. The van der Waals surface area contributed by atoms with Gasteiger partial charge in [0.15, 0.2) is 0 Å². The van der Waals surface area contributed by atoms with Gasteiger partial charge < -0.3 is 9.80 Å². The second-order valence-corrected chi connectivity index (χ2v) is 6.21. The topological polar surface area (TPSA) is 53.5 Å². The molecular formula is C13H17N3O2S. The molecule has 2 aliphatic rings. The molecule has 1 aromatic rings. The number of rotatable bonds is 3. The first kappa shape index (κ1) is 12.6.